The molecule has 28 heavy (non-hydrogen) atoms. The van der Waals surface area contributed by atoms with E-state index in [-0.39, 0.29) is 17.3 Å². The zero-order valence-corrected chi connectivity index (χ0v) is 16.1. The van der Waals surface area contributed by atoms with E-state index in [1.54, 1.807) is 30.5 Å². The fourth-order valence-electron chi connectivity index (χ4n) is 2.82. The van der Waals surface area contributed by atoms with Crippen molar-refractivity contribution >= 4 is 29.0 Å². The molecule has 0 atom stereocenters. The minimum absolute atomic E-state index is 0.164. The van der Waals surface area contributed by atoms with E-state index >= 15 is 0 Å². The summed E-state index contributed by atoms with van der Waals surface area (Å²) in [6.45, 7) is 5.59. The van der Waals surface area contributed by atoms with Crippen molar-refractivity contribution in [2.75, 3.05) is 0 Å². The Labute approximate surface area is 163 Å². The number of fused-ring (bicyclic) bond motifs is 1. The van der Waals surface area contributed by atoms with Crippen molar-refractivity contribution in [3.05, 3.63) is 81.8 Å². The summed E-state index contributed by atoms with van der Waals surface area (Å²) in [5.74, 6) is -0.464. The van der Waals surface area contributed by atoms with Crippen molar-refractivity contribution in [3.8, 4) is 0 Å². The molecule has 2 aromatic carbocycles. The van der Waals surface area contributed by atoms with Gasteiger partial charge in [-0.3, -0.25) is 9.59 Å². The molecule has 1 heterocycles. The number of aromatic nitrogens is 2. The maximum Gasteiger partial charge on any atom is 0.292 e. The number of allylic oxidation sites excluding steroid dienone is 1. The molecule has 0 aliphatic rings. The lowest BCUT2D eigenvalue weighted by molar-refractivity contribution is 0.0949. The van der Waals surface area contributed by atoms with Crippen LogP contribution in [0.3, 0.4) is 0 Å². The molecule has 0 saturated carbocycles. The standard InChI is InChI=1S/C22H22N4O2/c1-15(2)26-22(28)19-12-8-7-11-18(19)20(25-26)21(27)24-23-14-16(3)13-17-9-5-4-6-10-17/h4-15H,1-3H3,(H,24,27)/b16-13+,23-14+. The van der Waals surface area contributed by atoms with Crippen LogP contribution in [0.4, 0.5) is 0 Å². The first-order valence-electron chi connectivity index (χ1n) is 9.05. The summed E-state index contributed by atoms with van der Waals surface area (Å²) >= 11 is 0. The van der Waals surface area contributed by atoms with E-state index in [1.807, 2.05) is 57.2 Å². The Bertz CT molecular complexity index is 1110. The Morgan fingerprint density at radius 3 is 2.39 bits per heavy atom. The van der Waals surface area contributed by atoms with Crippen LogP contribution in [0.25, 0.3) is 16.8 Å². The highest BCUT2D eigenvalue weighted by Gasteiger charge is 2.17. The molecular weight excluding hydrogens is 352 g/mol. The largest absolute Gasteiger partial charge is 0.292 e. The van der Waals surface area contributed by atoms with E-state index in [9.17, 15) is 9.59 Å². The molecule has 3 rings (SSSR count). The number of rotatable bonds is 5. The van der Waals surface area contributed by atoms with Gasteiger partial charge in [-0.15, -0.1) is 0 Å². The Balaban J connectivity index is 1.87. The van der Waals surface area contributed by atoms with E-state index in [2.05, 4.69) is 15.6 Å². The molecule has 1 aromatic heterocycles. The number of hydrogen-bond donors (Lipinski definition) is 1. The van der Waals surface area contributed by atoms with Gasteiger partial charge < -0.3 is 0 Å². The van der Waals surface area contributed by atoms with Gasteiger partial charge in [0.2, 0.25) is 0 Å². The number of hydrogen-bond acceptors (Lipinski definition) is 4. The molecule has 0 unspecified atom stereocenters. The van der Waals surface area contributed by atoms with Gasteiger partial charge in [0.25, 0.3) is 11.5 Å². The molecule has 142 valence electrons. The number of hydrazone groups is 1. The average Bonchev–Trinajstić information content (AvgIpc) is 2.69. The second-order valence-corrected chi connectivity index (χ2v) is 6.74. The van der Waals surface area contributed by atoms with Gasteiger partial charge >= 0.3 is 0 Å². The first kappa shape index (κ1) is 19.2. The third kappa shape index (κ3) is 4.23. The second-order valence-electron chi connectivity index (χ2n) is 6.74. The third-order valence-electron chi connectivity index (χ3n) is 4.16. The maximum absolute atomic E-state index is 12.7. The quantitative estimate of drug-likeness (QED) is 0.545. The molecule has 1 amide bonds. The van der Waals surface area contributed by atoms with Crippen LogP contribution in [0.5, 0.6) is 0 Å². The summed E-state index contributed by atoms with van der Waals surface area (Å²) in [7, 11) is 0. The van der Waals surface area contributed by atoms with Crippen LogP contribution in [-0.4, -0.2) is 21.9 Å². The summed E-state index contributed by atoms with van der Waals surface area (Å²) in [6, 6.07) is 16.6. The lowest BCUT2D eigenvalue weighted by atomic mass is 10.1. The fraction of sp³-hybridized carbons (Fsp3) is 0.182. The molecule has 0 saturated heterocycles. The van der Waals surface area contributed by atoms with Crippen LogP contribution in [0.15, 0.2) is 70.1 Å². The van der Waals surface area contributed by atoms with Gasteiger partial charge in [-0.05, 0) is 38.0 Å². The number of benzene rings is 2. The van der Waals surface area contributed by atoms with Crippen LogP contribution in [0.1, 0.15) is 42.9 Å². The van der Waals surface area contributed by atoms with Crippen LogP contribution >= 0.6 is 0 Å². The van der Waals surface area contributed by atoms with Gasteiger partial charge in [-0.2, -0.15) is 10.2 Å². The molecule has 1 N–H and O–H groups in total. The Morgan fingerprint density at radius 2 is 1.71 bits per heavy atom. The lowest BCUT2D eigenvalue weighted by Gasteiger charge is -2.12. The number of carbonyl (C=O) groups excluding carboxylic acids is 1. The molecular formula is C22H22N4O2. The monoisotopic (exact) mass is 374 g/mol. The Hall–Kier alpha value is -3.54. The molecule has 0 aliphatic carbocycles. The van der Waals surface area contributed by atoms with Crippen LogP contribution in [-0.2, 0) is 0 Å². The summed E-state index contributed by atoms with van der Waals surface area (Å²) < 4.78 is 1.32. The molecule has 0 spiro atoms. The predicted octanol–water partition coefficient (Wildman–Crippen LogP) is 3.80. The smallest absolute Gasteiger partial charge is 0.267 e. The van der Waals surface area contributed by atoms with Gasteiger partial charge in [0, 0.05) is 5.39 Å². The molecule has 3 aromatic rings. The highest BCUT2D eigenvalue weighted by molar-refractivity contribution is 6.05. The minimum atomic E-state index is -0.464. The third-order valence-corrected chi connectivity index (χ3v) is 4.16. The number of nitrogens with one attached hydrogen (secondary N) is 1. The molecule has 0 fully saturated rings. The van der Waals surface area contributed by atoms with Crippen LogP contribution in [0.2, 0.25) is 0 Å². The van der Waals surface area contributed by atoms with Gasteiger partial charge in [0.15, 0.2) is 5.69 Å². The van der Waals surface area contributed by atoms with Crippen molar-refractivity contribution in [2.24, 2.45) is 5.10 Å². The van der Waals surface area contributed by atoms with Gasteiger partial charge in [0.05, 0.1) is 17.6 Å². The highest BCUT2D eigenvalue weighted by atomic mass is 16.2. The topological polar surface area (TPSA) is 76.3 Å². The zero-order chi connectivity index (χ0) is 20.1. The van der Waals surface area contributed by atoms with Gasteiger partial charge in [-0.1, -0.05) is 54.6 Å². The summed E-state index contributed by atoms with van der Waals surface area (Å²) in [6.07, 6.45) is 3.54. The maximum atomic E-state index is 12.7. The molecule has 6 nitrogen and oxygen atoms in total. The Kier molecular flexibility index (Phi) is 5.79. The normalized spacial score (nSPS) is 12.1. The Morgan fingerprint density at radius 1 is 1.07 bits per heavy atom. The second kappa shape index (κ2) is 8.43. The zero-order valence-electron chi connectivity index (χ0n) is 16.1. The van der Waals surface area contributed by atoms with Crippen molar-refractivity contribution < 1.29 is 4.79 Å². The van der Waals surface area contributed by atoms with E-state index in [4.69, 9.17) is 0 Å². The summed E-state index contributed by atoms with van der Waals surface area (Å²) in [5, 5.41) is 9.26. The predicted molar refractivity (Wildman–Crippen MR) is 112 cm³/mol. The van der Waals surface area contributed by atoms with E-state index in [0.717, 1.165) is 11.1 Å². The SMILES string of the molecule is CC(/C=N/NC(=O)c1nn(C(C)C)c(=O)c2ccccc12)=C\c1ccccc1. The molecule has 0 bridgehead atoms. The number of amides is 1. The first-order valence-corrected chi connectivity index (χ1v) is 9.05. The van der Waals surface area contributed by atoms with Gasteiger partial charge in [0.1, 0.15) is 0 Å². The highest BCUT2D eigenvalue weighted by Crippen LogP contribution is 2.14. The van der Waals surface area contributed by atoms with E-state index in [0.29, 0.717) is 10.8 Å². The lowest BCUT2D eigenvalue weighted by Crippen LogP contribution is -2.30. The van der Waals surface area contributed by atoms with Crippen molar-refractivity contribution in [1.82, 2.24) is 15.2 Å². The number of nitrogens with zero attached hydrogens (tertiary/aromatic N) is 3. The van der Waals surface area contributed by atoms with Crippen molar-refractivity contribution in [2.45, 2.75) is 26.8 Å². The van der Waals surface area contributed by atoms with E-state index < -0.39 is 5.91 Å². The molecule has 6 heteroatoms. The molecule has 0 aliphatic heterocycles. The van der Waals surface area contributed by atoms with Crippen LogP contribution in [0, 0.1) is 0 Å². The fourth-order valence-corrected chi connectivity index (χ4v) is 2.82. The summed E-state index contributed by atoms with van der Waals surface area (Å²) in [4.78, 5) is 25.2. The van der Waals surface area contributed by atoms with Crippen LogP contribution < -0.4 is 11.0 Å². The van der Waals surface area contributed by atoms with Gasteiger partial charge in [-0.25, -0.2) is 10.1 Å². The average molecular weight is 374 g/mol. The first-order chi connectivity index (χ1) is 13.5. The molecule has 0 radical (unpaired) electrons. The number of carbonyl (C=O) groups is 1. The van der Waals surface area contributed by atoms with Crippen molar-refractivity contribution in [3.63, 3.8) is 0 Å². The van der Waals surface area contributed by atoms with Crippen molar-refractivity contribution in [1.29, 1.82) is 0 Å². The summed E-state index contributed by atoms with van der Waals surface area (Å²) in [5.41, 5.74) is 4.40. The van der Waals surface area contributed by atoms with E-state index in [1.165, 1.54) is 4.68 Å². The minimum Gasteiger partial charge on any atom is -0.267 e.